The summed E-state index contributed by atoms with van der Waals surface area (Å²) >= 11 is 4.96. The number of imidazole rings is 1. The van der Waals surface area contributed by atoms with Crippen molar-refractivity contribution < 1.29 is 4.79 Å². The number of hydrogen-bond donors (Lipinski definition) is 1. The molecular formula is C7H6N4OS. The highest BCUT2D eigenvalue weighted by atomic mass is 32.1. The van der Waals surface area contributed by atoms with Crippen molar-refractivity contribution in [3.8, 4) is 0 Å². The summed E-state index contributed by atoms with van der Waals surface area (Å²) in [7, 11) is 0. The zero-order chi connectivity index (χ0) is 9.26. The fourth-order valence-corrected chi connectivity index (χ4v) is 1.32. The molecule has 13 heavy (non-hydrogen) atoms. The number of hydrogen-bond acceptors (Lipinski definition) is 4. The van der Waals surface area contributed by atoms with Crippen molar-refractivity contribution in [1.29, 1.82) is 0 Å². The summed E-state index contributed by atoms with van der Waals surface area (Å²) in [6, 6.07) is 0. The second kappa shape index (κ2) is 3.06. The van der Waals surface area contributed by atoms with Gasteiger partial charge < -0.3 is 14.3 Å². The van der Waals surface area contributed by atoms with Crippen LogP contribution in [0.2, 0.25) is 0 Å². The molecule has 5 nitrogen and oxygen atoms in total. The number of nitrogens with one attached hydrogen (secondary N) is 1. The van der Waals surface area contributed by atoms with E-state index in [-0.39, 0.29) is 6.54 Å². The molecule has 2 heterocycles. The number of rotatable bonds is 2. The van der Waals surface area contributed by atoms with E-state index in [4.69, 9.17) is 12.2 Å². The van der Waals surface area contributed by atoms with Crippen LogP contribution in [-0.2, 0) is 11.3 Å². The van der Waals surface area contributed by atoms with Gasteiger partial charge in [0, 0.05) is 0 Å². The van der Waals surface area contributed by atoms with Crippen molar-refractivity contribution in [3.05, 3.63) is 17.3 Å². The molecule has 0 spiro atoms. The lowest BCUT2D eigenvalue weighted by atomic mass is 10.5. The van der Waals surface area contributed by atoms with Crippen molar-refractivity contribution in [2.75, 3.05) is 0 Å². The predicted molar refractivity (Wildman–Crippen MR) is 48.8 cm³/mol. The minimum absolute atomic E-state index is 0.270. The highest BCUT2D eigenvalue weighted by Gasteiger charge is 2.02. The van der Waals surface area contributed by atoms with Gasteiger partial charge in [0.1, 0.15) is 17.5 Å². The maximum atomic E-state index is 10.3. The van der Waals surface area contributed by atoms with Gasteiger partial charge in [0.2, 0.25) is 0 Å². The molecule has 0 aliphatic heterocycles. The second-order valence-electron chi connectivity index (χ2n) is 2.47. The van der Waals surface area contributed by atoms with Crippen LogP contribution in [0.15, 0.2) is 12.7 Å². The Bertz CT molecular complexity index is 500. The van der Waals surface area contributed by atoms with Crippen LogP contribution >= 0.6 is 12.2 Å². The fourth-order valence-electron chi connectivity index (χ4n) is 1.12. The molecule has 0 aromatic carbocycles. The number of carbonyl (C=O) groups excluding carboxylic acids is 1. The zero-order valence-electron chi connectivity index (χ0n) is 6.60. The lowest BCUT2D eigenvalue weighted by Gasteiger charge is -1.95. The third kappa shape index (κ3) is 1.25. The standard InChI is InChI=1S/C7H6N4OS/c12-2-1-11-4-10-5-6(11)8-3-9-7(5)13/h2-4H,1H2,(H,8,9,13). The van der Waals surface area contributed by atoms with E-state index in [2.05, 4.69) is 15.0 Å². The minimum atomic E-state index is 0.270. The Morgan fingerprint density at radius 2 is 2.46 bits per heavy atom. The number of fused-ring (bicyclic) bond motifs is 1. The van der Waals surface area contributed by atoms with E-state index >= 15 is 0 Å². The molecule has 0 fully saturated rings. The molecule has 0 aliphatic carbocycles. The van der Waals surface area contributed by atoms with Crippen LogP contribution < -0.4 is 0 Å². The maximum Gasteiger partial charge on any atom is 0.157 e. The number of aromatic nitrogens is 4. The largest absolute Gasteiger partial charge is 0.330 e. The number of H-pyrrole nitrogens is 1. The van der Waals surface area contributed by atoms with E-state index in [1.165, 1.54) is 6.33 Å². The molecule has 0 radical (unpaired) electrons. The van der Waals surface area contributed by atoms with E-state index < -0.39 is 0 Å². The zero-order valence-corrected chi connectivity index (χ0v) is 7.41. The third-order valence-corrected chi connectivity index (χ3v) is 1.99. The molecule has 2 aromatic rings. The number of carbonyl (C=O) groups is 1. The molecule has 2 aromatic heterocycles. The first-order chi connectivity index (χ1) is 6.33. The smallest absolute Gasteiger partial charge is 0.157 e. The fraction of sp³-hybridized carbons (Fsp3) is 0.143. The van der Waals surface area contributed by atoms with Crippen molar-refractivity contribution in [2.45, 2.75) is 6.54 Å². The van der Waals surface area contributed by atoms with Crippen LogP contribution in [0.4, 0.5) is 0 Å². The van der Waals surface area contributed by atoms with Gasteiger partial charge in [0.05, 0.1) is 19.2 Å². The summed E-state index contributed by atoms with van der Waals surface area (Å²) < 4.78 is 2.12. The predicted octanol–water partition coefficient (Wildman–Crippen LogP) is 0.688. The average Bonchev–Trinajstić information content (AvgIpc) is 2.51. The molecule has 0 saturated carbocycles. The van der Waals surface area contributed by atoms with Crippen LogP contribution in [0.1, 0.15) is 0 Å². The minimum Gasteiger partial charge on any atom is -0.330 e. The van der Waals surface area contributed by atoms with Crippen LogP contribution in [0.25, 0.3) is 11.2 Å². The Morgan fingerprint density at radius 3 is 3.23 bits per heavy atom. The van der Waals surface area contributed by atoms with Crippen LogP contribution in [0, 0.1) is 4.64 Å². The second-order valence-corrected chi connectivity index (χ2v) is 2.86. The highest BCUT2D eigenvalue weighted by molar-refractivity contribution is 7.71. The van der Waals surface area contributed by atoms with Gasteiger partial charge >= 0.3 is 0 Å². The maximum absolute atomic E-state index is 10.3. The molecule has 6 heteroatoms. The van der Waals surface area contributed by atoms with Crippen LogP contribution in [0.5, 0.6) is 0 Å². The van der Waals surface area contributed by atoms with Gasteiger partial charge in [-0.3, -0.25) is 0 Å². The molecule has 0 atom stereocenters. The van der Waals surface area contributed by atoms with Gasteiger partial charge in [-0.05, 0) is 0 Å². The first-order valence-electron chi connectivity index (χ1n) is 3.65. The van der Waals surface area contributed by atoms with E-state index in [0.29, 0.717) is 10.2 Å². The summed E-state index contributed by atoms with van der Waals surface area (Å²) in [5.41, 5.74) is 1.35. The molecule has 0 saturated heterocycles. The van der Waals surface area contributed by atoms with Gasteiger partial charge in [-0.15, -0.1) is 0 Å². The molecule has 0 bridgehead atoms. The Labute approximate surface area is 78.4 Å². The van der Waals surface area contributed by atoms with Crippen LogP contribution in [-0.4, -0.2) is 25.8 Å². The van der Waals surface area contributed by atoms with Crippen molar-refractivity contribution >= 4 is 29.7 Å². The van der Waals surface area contributed by atoms with Crippen molar-refractivity contribution in [2.24, 2.45) is 0 Å². The van der Waals surface area contributed by atoms with Gasteiger partial charge in [-0.2, -0.15) is 0 Å². The molecule has 0 amide bonds. The molecule has 2 rings (SSSR count). The lowest BCUT2D eigenvalue weighted by molar-refractivity contribution is -0.108. The third-order valence-electron chi connectivity index (χ3n) is 1.69. The number of aldehydes is 1. The topological polar surface area (TPSA) is 63.6 Å². The summed E-state index contributed by atoms with van der Waals surface area (Å²) in [5, 5.41) is 0. The summed E-state index contributed by atoms with van der Waals surface area (Å²) in [4.78, 5) is 21.1. The normalized spacial score (nSPS) is 10.5. The Kier molecular flexibility index (Phi) is 1.90. The highest BCUT2D eigenvalue weighted by Crippen LogP contribution is 2.08. The monoisotopic (exact) mass is 194 g/mol. The van der Waals surface area contributed by atoms with E-state index in [9.17, 15) is 4.79 Å². The number of aromatic amines is 1. The molecule has 0 unspecified atom stereocenters. The lowest BCUT2D eigenvalue weighted by Crippen LogP contribution is -1.97. The van der Waals surface area contributed by atoms with E-state index in [1.807, 2.05) is 0 Å². The Balaban J connectivity index is 2.75. The van der Waals surface area contributed by atoms with Crippen molar-refractivity contribution in [3.63, 3.8) is 0 Å². The quantitative estimate of drug-likeness (QED) is 0.564. The van der Waals surface area contributed by atoms with Crippen LogP contribution in [0.3, 0.4) is 0 Å². The summed E-state index contributed by atoms with van der Waals surface area (Å²) in [5.74, 6) is 0. The van der Waals surface area contributed by atoms with E-state index in [1.54, 1.807) is 10.9 Å². The average molecular weight is 194 g/mol. The molecule has 66 valence electrons. The molecule has 1 N–H and O–H groups in total. The van der Waals surface area contributed by atoms with Gasteiger partial charge in [-0.1, -0.05) is 12.2 Å². The van der Waals surface area contributed by atoms with Gasteiger partial charge in [0.25, 0.3) is 0 Å². The molecular weight excluding hydrogens is 188 g/mol. The van der Waals surface area contributed by atoms with Gasteiger partial charge in [0.15, 0.2) is 4.64 Å². The first kappa shape index (κ1) is 8.06. The Morgan fingerprint density at radius 1 is 1.62 bits per heavy atom. The summed E-state index contributed by atoms with van der Waals surface area (Å²) in [6.45, 7) is 0.270. The van der Waals surface area contributed by atoms with Gasteiger partial charge in [-0.25, -0.2) is 9.97 Å². The Hall–Kier alpha value is -1.56. The SMILES string of the molecule is O=CCn1cnc2c(=S)nc[nH]c21. The van der Waals surface area contributed by atoms with Crippen molar-refractivity contribution in [1.82, 2.24) is 19.5 Å². The molecule has 0 aliphatic rings. The van der Waals surface area contributed by atoms with E-state index in [0.717, 1.165) is 11.9 Å². The summed E-state index contributed by atoms with van der Waals surface area (Å²) in [6.07, 6.45) is 3.86. The first-order valence-corrected chi connectivity index (χ1v) is 4.06. The number of nitrogens with zero attached hydrogens (tertiary/aromatic N) is 3.